The van der Waals surface area contributed by atoms with Gasteiger partial charge in [0, 0.05) is 0 Å². The highest BCUT2D eigenvalue weighted by Gasteiger charge is 2.30. The van der Waals surface area contributed by atoms with Gasteiger partial charge in [-0.2, -0.15) is 0 Å². The second kappa shape index (κ2) is 44.0. The summed E-state index contributed by atoms with van der Waals surface area (Å²) in [6.07, 6.45) is 18.9. The van der Waals surface area contributed by atoms with Gasteiger partial charge in [0.2, 0.25) is 0 Å². The fraction of sp³-hybridized carbons (Fsp3) is 0.588. The fourth-order valence-electron chi connectivity index (χ4n) is 11.8. The number of rotatable bonds is 5. The van der Waals surface area contributed by atoms with Gasteiger partial charge in [0.05, 0.1) is 0 Å². The number of halogens is 2. The molecule has 7 aromatic carbocycles. The summed E-state index contributed by atoms with van der Waals surface area (Å²) in [6, 6.07) is 57.4. The van der Waals surface area contributed by atoms with Crippen LogP contribution in [0, 0.1) is 79.2 Å². The molecule has 0 heterocycles. The molecule has 0 spiro atoms. The number of unbranched alkanes of at least 4 members (excludes halogenated alkanes) is 1. The molecule has 0 nitrogen and oxygen atoms in total. The van der Waals surface area contributed by atoms with E-state index in [-0.39, 0.29) is 38.7 Å². The first-order chi connectivity index (χ1) is 47.6. The Morgan fingerprint density at radius 2 is 0.683 bits per heavy atom. The van der Waals surface area contributed by atoms with Crippen LogP contribution in [0.2, 0.25) is 0 Å². The van der Waals surface area contributed by atoms with E-state index in [9.17, 15) is 8.78 Å². The van der Waals surface area contributed by atoms with E-state index in [0.717, 1.165) is 29.2 Å². The minimum Gasteiger partial charge on any atom is -0.207 e. The Kier molecular flexibility index (Phi) is 40.8. The van der Waals surface area contributed by atoms with Crippen molar-refractivity contribution in [1.29, 1.82) is 0 Å². The van der Waals surface area contributed by atoms with E-state index < -0.39 is 0 Å². The van der Waals surface area contributed by atoms with Crippen molar-refractivity contribution in [2.75, 3.05) is 0 Å². The smallest absolute Gasteiger partial charge is 0.126 e. The maximum Gasteiger partial charge on any atom is 0.126 e. The van der Waals surface area contributed by atoms with Crippen LogP contribution in [0.3, 0.4) is 0 Å². The summed E-state index contributed by atoms with van der Waals surface area (Å²) in [5.41, 5.74) is 18.2. The van der Waals surface area contributed by atoms with E-state index in [2.05, 4.69) is 356 Å². The molecule has 0 saturated heterocycles. The van der Waals surface area contributed by atoms with Crippen molar-refractivity contribution in [3.63, 3.8) is 0 Å². The highest BCUT2D eigenvalue weighted by Crippen LogP contribution is 2.41. The van der Waals surface area contributed by atoms with Crippen LogP contribution >= 0.6 is 0 Å². The van der Waals surface area contributed by atoms with Crippen LogP contribution in [0.1, 0.15) is 347 Å². The van der Waals surface area contributed by atoms with Crippen molar-refractivity contribution in [2.24, 2.45) is 39.9 Å². The summed E-state index contributed by atoms with van der Waals surface area (Å²) < 4.78 is 25.6. The van der Waals surface area contributed by atoms with Gasteiger partial charge < -0.3 is 0 Å². The predicted molar refractivity (Wildman–Crippen MR) is 465 cm³/mol. The quantitative estimate of drug-likeness (QED) is 0.161. The Morgan fingerprint density at radius 3 is 0.990 bits per heavy atom. The van der Waals surface area contributed by atoms with Crippen molar-refractivity contribution in [2.45, 2.75) is 351 Å². The van der Waals surface area contributed by atoms with Crippen molar-refractivity contribution >= 4 is 0 Å². The van der Waals surface area contributed by atoms with E-state index >= 15 is 0 Å². The molecule has 104 heavy (non-hydrogen) atoms. The summed E-state index contributed by atoms with van der Waals surface area (Å²) in [7, 11) is 0. The van der Waals surface area contributed by atoms with Gasteiger partial charge in [-0.25, -0.2) is 8.78 Å². The molecular weight excluding hydrogens is 1260 g/mol. The molecule has 0 N–H and O–H groups in total. The number of hydrogen-bond donors (Lipinski definition) is 0. The maximum absolute atomic E-state index is 13.1. The van der Waals surface area contributed by atoms with Crippen LogP contribution in [-0.4, -0.2) is 0 Å². The molecule has 0 atom stereocenters. The lowest BCUT2D eigenvalue weighted by atomic mass is 9.69. The SMILES string of the molecule is CC(C)(C)C1CCC1.CC(C)(C)C1CCCC1.CC(C)(C)c1ccc(F)cc1.CC(C)(C)c1cccc(-c2ccccc2)c1.CC(C)(C)c1ccccc1.CC(C)CC1CC1.CCCCC(C)(C)C.Cc1ccc(C(C)(C)C)cc1.Cc1ccc(C(C)(C)C)cc1C.Cc1ccc(C(C)(C)C)cc1F. The van der Waals surface area contributed by atoms with E-state index in [1.54, 1.807) is 13.0 Å². The minimum atomic E-state index is -0.169. The maximum atomic E-state index is 13.1. The lowest BCUT2D eigenvalue weighted by molar-refractivity contribution is 0.141. The van der Waals surface area contributed by atoms with Crippen molar-refractivity contribution in [3.05, 3.63) is 237 Å². The largest absolute Gasteiger partial charge is 0.207 e. The van der Waals surface area contributed by atoms with Crippen LogP contribution in [0.15, 0.2) is 170 Å². The van der Waals surface area contributed by atoms with E-state index in [4.69, 9.17) is 0 Å². The van der Waals surface area contributed by atoms with Crippen LogP contribution < -0.4 is 0 Å². The van der Waals surface area contributed by atoms with Crippen molar-refractivity contribution < 1.29 is 8.78 Å². The lowest BCUT2D eigenvalue weighted by Gasteiger charge is -2.37. The zero-order valence-corrected chi connectivity index (χ0v) is 73.9. The topological polar surface area (TPSA) is 0 Å². The second-order valence-corrected chi connectivity index (χ2v) is 40.5. The first-order valence-electron chi connectivity index (χ1n) is 40.4. The zero-order chi connectivity index (χ0) is 79.9. The third kappa shape index (κ3) is 42.7. The Balaban J connectivity index is 0.000000582. The highest BCUT2D eigenvalue weighted by molar-refractivity contribution is 5.64. The third-order valence-corrected chi connectivity index (χ3v) is 20.2. The molecule has 3 saturated carbocycles. The van der Waals surface area contributed by atoms with Gasteiger partial charge in [-0.3, -0.25) is 0 Å². The summed E-state index contributed by atoms with van der Waals surface area (Å²) >= 11 is 0. The van der Waals surface area contributed by atoms with Crippen LogP contribution in [-0.2, 0) is 32.5 Å². The van der Waals surface area contributed by atoms with Crippen LogP contribution in [0.5, 0.6) is 0 Å². The second-order valence-electron chi connectivity index (χ2n) is 40.5. The Morgan fingerprint density at radius 1 is 0.337 bits per heavy atom. The number of aryl methyl sites for hydroxylation is 4. The van der Waals surface area contributed by atoms with E-state index in [1.165, 1.54) is 151 Å². The molecule has 0 aromatic heterocycles. The van der Waals surface area contributed by atoms with E-state index in [0.29, 0.717) is 27.2 Å². The summed E-state index contributed by atoms with van der Waals surface area (Å²) in [6.45, 7) is 75.5. The number of hydrogen-bond acceptors (Lipinski definition) is 0. The van der Waals surface area contributed by atoms with Gasteiger partial charge in [-0.1, -0.05) is 410 Å². The Hall–Kier alpha value is -5.60. The summed E-state index contributed by atoms with van der Waals surface area (Å²) in [5.74, 6) is 3.83. The molecule has 0 radical (unpaired) electrons. The average Bonchev–Trinajstić information content (AvgIpc) is 0.901. The van der Waals surface area contributed by atoms with Gasteiger partial charge in [-0.05, 0) is 218 Å². The molecule has 0 unspecified atom stereocenters. The van der Waals surface area contributed by atoms with Gasteiger partial charge in [0.1, 0.15) is 11.6 Å². The molecule has 3 aliphatic rings. The zero-order valence-electron chi connectivity index (χ0n) is 73.9. The van der Waals surface area contributed by atoms with Gasteiger partial charge in [0.15, 0.2) is 0 Å². The summed E-state index contributed by atoms with van der Waals surface area (Å²) in [5, 5.41) is 0. The third-order valence-electron chi connectivity index (χ3n) is 20.2. The Bertz CT molecular complexity index is 3250. The van der Waals surface area contributed by atoms with Gasteiger partial charge >= 0.3 is 0 Å². The standard InChI is InChI=1S/C16H18.C12H18.C11H15F.C11H16.C10H13F.C10H14.C9H18.C8H16.C8H18.C7H14/c1-16(2,3)15-11-7-10-14(12-15)13-8-5-4-6-9-13;1-9-6-7-11(8-10(9)2)12(3,4)5;1-8-5-6-9(7-10(8)12)11(2,3)4;1-9-5-7-10(8-6-9)11(2,3)4;1-10(2,3)8-4-6-9(11)7-5-8;1-10(2,3)9-7-5-4-6-8-9;1-9(2,3)8-6-4-5-7-8;1-8(2,3)7-5-4-6-7;1-5-6-7-8(2,3)4;1-6(2)5-7-3-4-7/h4-12H,1-3H3;6-8H,1-5H3;5-7H,1-4H3;5-8H,1-4H3;4-7H,1-3H3;4-8H,1-3H3;8H,4-7H2,1-3H3;7H,4-6H2,1-3H3;5-7H2,1-4H3;6-7H,3-5H2,1-2H3. The van der Waals surface area contributed by atoms with Crippen molar-refractivity contribution in [1.82, 2.24) is 0 Å². The monoisotopic (exact) mass is 1420 g/mol. The normalized spacial score (nSPS) is 14.1. The molecular formula is C102H160F2. The molecule has 0 amide bonds. The molecule has 582 valence electrons. The van der Waals surface area contributed by atoms with Gasteiger partial charge in [-0.15, -0.1) is 0 Å². The minimum absolute atomic E-state index is 0.0362. The average molecular weight is 1420 g/mol. The van der Waals surface area contributed by atoms with E-state index in [1.807, 2.05) is 24.3 Å². The lowest BCUT2D eigenvalue weighted by Crippen LogP contribution is -2.26. The first-order valence-corrected chi connectivity index (χ1v) is 40.4. The molecule has 3 fully saturated rings. The summed E-state index contributed by atoms with van der Waals surface area (Å²) in [4.78, 5) is 0. The fourth-order valence-corrected chi connectivity index (χ4v) is 11.8. The predicted octanol–water partition coefficient (Wildman–Crippen LogP) is 32.8. The molecule has 0 bridgehead atoms. The molecule has 10 rings (SSSR count). The Labute approximate surface area is 644 Å². The van der Waals surface area contributed by atoms with Crippen LogP contribution in [0.4, 0.5) is 8.78 Å². The molecule has 0 aliphatic heterocycles. The van der Waals surface area contributed by atoms with Gasteiger partial charge in [0.25, 0.3) is 0 Å². The molecule has 7 aromatic rings. The van der Waals surface area contributed by atoms with Crippen molar-refractivity contribution in [3.8, 4) is 11.1 Å². The van der Waals surface area contributed by atoms with Crippen LogP contribution in [0.25, 0.3) is 11.1 Å². The molecule has 3 aliphatic carbocycles. The number of benzene rings is 7. The highest BCUT2D eigenvalue weighted by atomic mass is 19.1. The molecule has 2 heteroatoms. The first kappa shape index (κ1) is 96.4.